The van der Waals surface area contributed by atoms with Crippen LogP contribution in [0.2, 0.25) is 0 Å². The first kappa shape index (κ1) is 27.1. The summed E-state index contributed by atoms with van der Waals surface area (Å²) in [5.74, 6) is -1.34. The molecule has 0 N–H and O–H groups in total. The Hall–Kier alpha value is -3.47. The molecule has 2 aromatic carbocycles. The lowest BCUT2D eigenvalue weighted by molar-refractivity contribution is -0.302. The molecule has 0 amide bonds. The molecule has 0 bridgehead atoms. The number of methoxy groups -OCH3 is 1. The van der Waals surface area contributed by atoms with Crippen LogP contribution in [0.5, 0.6) is 0 Å². The molecule has 1 aliphatic rings. The molecule has 1 fully saturated rings. The molecule has 36 heavy (non-hydrogen) atoms. The zero-order valence-electron chi connectivity index (χ0n) is 20.4. The second-order valence-electron chi connectivity index (χ2n) is 8.03. The molecule has 1 saturated heterocycles. The van der Waals surface area contributed by atoms with Gasteiger partial charge in [0.1, 0.15) is 12.7 Å². The molecular weight excluding hydrogens is 472 g/mol. The maximum absolute atomic E-state index is 12.6. The van der Waals surface area contributed by atoms with Crippen molar-refractivity contribution in [3.63, 3.8) is 0 Å². The highest BCUT2D eigenvalue weighted by molar-refractivity contribution is 5.67. The predicted octanol–water partition coefficient (Wildman–Crippen LogP) is 3.16. The first-order valence-electron chi connectivity index (χ1n) is 11.4. The SMILES string of the molecule is CO[C@H]1O[C@H](COCc2ccccc2)[C@@H](OC(=O)OCc2ccccc2)[C@H](OC(C)=O)[C@H]1OC(C)=O. The van der Waals surface area contributed by atoms with Crippen LogP contribution in [0.15, 0.2) is 60.7 Å². The Kier molecular flexibility index (Phi) is 10.2. The van der Waals surface area contributed by atoms with Crippen molar-refractivity contribution in [1.29, 1.82) is 0 Å². The van der Waals surface area contributed by atoms with Crippen LogP contribution in [0.4, 0.5) is 4.79 Å². The number of carbonyl (C=O) groups excluding carboxylic acids is 3. The summed E-state index contributed by atoms with van der Waals surface area (Å²) in [5.41, 5.74) is 1.68. The Morgan fingerprint density at radius 1 is 0.750 bits per heavy atom. The maximum Gasteiger partial charge on any atom is 0.509 e. The third-order valence-corrected chi connectivity index (χ3v) is 5.25. The van der Waals surface area contributed by atoms with E-state index in [0.717, 1.165) is 11.1 Å². The number of hydrogen-bond donors (Lipinski definition) is 0. The summed E-state index contributed by atoms with van der Waals surface area (Å²) in [4.78, 5) is 36.3. The van der Waals surface area contributed by atoms with Crippen molar-refractivity contribution in [2.24, 2.45) is 0 Å². The highest BCUT2D eigenvalue weighted by Gasteiger charge is 2.52. The minimum absolute atomic E-state index is 0.0330. The van der Waals surface area contributed by atoms with E-state index in [1.54, 1.807) is 12.1 Å². The van der Waals surface area contributed by atoms with E-state index in [9.17, 15) is 14.4 Å². The number of ether oxygens (including phenoxy) is 7. The van der Waals surface area contributed by atoms with Gasteiger partial charge in [-0.05, 0) is 11.1 Å². The summed E-state index contributed by atoms with van der Waals surface area (Å²) in [7, 11) is 1.35. The van der Waals surface area contributed by atoms with Crippen molar-refractivity contribution in [1.82, 2.24) is 0 Å². The van der Waals surface area contributed by atoms with Crippen LogP contribution in [0.1, 0.15) is 25.0 Å². The Bertz CT molecular complexity index is 981. The van der Waals surface area contributed by atoms with E-state index in [2.05, 4.69) is 0 Å². The van der Waals surface area contributed by atoms with Crippen LogP contribution >= 0.6 is 0 Å². The molecule has 0 aromatic heterocycles. The average Bonchev–Trinajstić information content (AvgIpc) is 2.86. The third kappa shape index (κ3) is 8.04. The molecule has 1 heterocycles. The van der Waals surface area contributed by atoms with Crippen molar-refractivity contribution < 1.29 is 47.5 Å². The topological polar surface area (TPSA) is 116 Å². The van der Waals surface area contributed by atoms with Crippen LogP contribution in [0.25, 0.3) is 0 Å². The first-order valence-corrected chi connectivity index (χ1v) is 11.4. The molecule has 5 atom stereocenters. The van der Waals surface area contributed by atoms with Crippen LogP contribution < -0.4 is 0 Å². The molecular formula is C26H30O10. The monoisotopic (exact) mass is 502 g/mol. The number of benzene rings is 2. The fourth-order valence-corrected chi connectivity index (χ4v) is 3.72. The molecule has 3 rings (SSSR count). The number of hydrogen-bond acceptors (Lipinski definition) is 10. The van der Waals surface area contributed by atoms with Gasteiger partial charge in [0.2, 0.25) is 0 Å². The largest absolute Gasteiger partial charge is 0.509 e. The molecule has 194 valence electrons. The number of carbonyl (C=O) groups is 3. The van der Waals surface area contributed by atoms with E-state index >= 15 is 0 Å². The van der Waals surface area contributed by atoms with Crippen molar-refractivity contribution in [2.75, 3.05) is 13.7 Å². The van der Waals surface area contributed by atoms with Gasteiger partial charge in [0.15, 0.2) is 24.6 Å². The van der Waals surface area contributed by atoms with Gasteiger partial charge in [-0.15, -0.1) is 0 Å². The highest BCUT2D eigenvalue weighted by Crippen LogP contribution is 2.30. The summed E-state index contributed by atoms with van der Waals surface area (Å²) >= 11 is 0. The standard InChI is InChI=1S/C26H30O10/c1-17(27)33-23-22(36-26(29)32-15-20-12-8-5-9-13-20)21(16-31-14-19-10-6-4-7-11-19)35-25(30-3)24(23)34-18(2)28/h4-13,21-25H,14-16H2,1-3H3/t21-,22-,23+,24-,25+/m1/s1. The van der Waals surface area contributed by atoms with E-state index in [1.165, 1.54) is 21.0 Å². The van der Waals surface area contributed by atoms with Crippen LogP contribution in [0.3, 0.4) is 0 Å². The zero-order chi connectivity index (χ0) is 25.9. The number of esters is 2. The van der Waals surface area contributed by atoms with Crippen LogP contribution in [-0.4, -0.2) is 62.5 Å². The van der Waals surface area contributed by atoms with Crippen molar-refractivity contribution in [3.05, 3.63) is 71.8 Å². The summed E-state index contributed by atoms with van der Waals surface area (Å²) in [6.45, 7) is 2.56. The molecule has 10 nitrogen and oxygen atoms in total. The zero-order valence-corrected chi connectivity index (χ0v) is 20.4. The Balaban J connectivity index is 1.78. The lowest BCUT2D eigenvalue weighted by atomic mass is 9.98. The Labute approximate surface area is 209 Å². The highest BCUT2D eigenvalue weighted by atomic mass is 16.8. The molecule has 0 unspecified atom stereocenters. The normalized spacial score (nSPS) is 23.4. The number of rotatable bonds is 10. The molecule has 0 spiro atoms. The summed E-state index contributed by atoms with van der Waals surface area (Å²) in [6.07, 6.45) is -6.71. The minimum atomic E-state index is -1.24. The average molecular weight is 503 g/mol. The maximum atomic E-state index is 12.6. The van der Waals surface area contributed by atoms with E-state index in [1.807, 2.05) is 48.5 Å². The van der Waals surface area contributed by atoms with Gasteiger partial charge in [0.25, 0.3) is 0 Å². The molecule has 0 saturated carbocycles. The van der Waals surface area contributed by atoms with Crippen molar-refractivity contribution >= 4 is 18.1 Å². The van der Waals surface area contributed by atoms with Gasteiger partial charge in [-0.3, -0.25) is 9.59 Å². The van der Waals surface area contributed by atoms with Gasteiger partial charge in [0, 0.05) is 21.0 Å². The molecule has 0 aliphatic carbocycles. The summed E-state index contributed by atoms with van der Waals surface area (Å²) in [5, 5.41) is 0. The fraction of sp³-hybridized carbons (Fsp3) is 0.423. The first-order chi connectivity index (χ1) is 17.4. The molecule has 10 heteroatoms. The third-order valence-electron chi connectivity index (χ3n) is 5.25. The van der Waals surface area contributed by atoms with Gasteiger partial charge in [0.05, 0.1) is 13.2 Å². The second-order valence-corrected chi connectivity index (χ2v) is 8.03. The van der Waals surface area contributed by atoms with Gasteiger partial charge >= 0.3 is 18.1 Å². The fourth-order valence-electron chi connectivity index (χ4n) is 3.72. The van der Waals surface area contributed by atoms with Crippen LogP contribution in [-0.2, 0) is 56.0 Å². The lowest BCUT2D eigenvalue weighted by Crippen LogP contribution is -2.62. The smallest absolute Gasteiger partial charge is 0.454 e. The van der Waals surface area contributed by atoms with Gasteiger partial charge in [-0.25, -0.2) is 4.79 Å². The molecule has 0 radical (unpaired) electrons. The summed E-state index contributed by atoms with van der Waals surface area (Å²) < 4.78 is 38.7. The quantitative estimate of drug-likeness (QED) is 0.354. The van der Waals surface area contributed by atoms with E-state index in [0.29, 0.717) is 0 Å². The van der Waals surface area contributed by atoms with E-state index in [4.69, 9.17) is 33.2 Å². The van der Waals surface area contributed by atoms with Crippen LogP contribution in [0, 0.1) is 0 Å². The summed E-state index contributed by atoms with van der Waals surface area (Å²) in [6, 6.07) is 18.5. The Morgan fingerprint density at radius 3 is 1.86 bits per heavy atom. The second kappa shape index (κ2) is 13.6. The minimum Gasteiger partial charge on any atom is -0.454 e. The Morgan fingerprint density at radius 2 is 1.31 bits per heavy atom. The van der Waals surface area contributed by atoms with Gasteiger partial charge in [-0.1, -0.05) is 60.7 Å². The van der Waals surface area contributed by atoms with Gasteiger partial charge in [-0.2, -0.15) is 0 Å². The van der Waals surface area contributed by atoms with Crippen molar-refractivity contribution in [2.45, 2.75) is 57.8 Å². The molecule has 1 aliphatic heterocycles. The molecule has 2 aromatic rings. The van der Waals surface area contributed by atoms with E-state index in [-0.39, 0.29) is 19.8 Å². The van der Waals surface area contributed by atoms with Gasteiger partial charge < -0.3 is 33.2 Å². The lowest BCUT2D eigenvalue weighted by Gasteiger charge is -2.43. The van der Waals surface area contributed by atoms with E-state index < -0.39 is 48.8 Å². The predicted molar refractivity (Wildman–Crippen MR) is 124 cm³/mol. The van der Waals surface area contributed by atoms with Crippen molar-refractivity contribution in [3.8, 4) is 0 Å².